The Bertz CT molecular complexity index is 375. The predicted molar refractivity (Wildman–Crippen MR) is 95.5 cm³/mol. The maximum absolute atomic E-state index is 9.95. The van der Waals surface area contributed by atoms with E-state index in [4.69, 9.17) is 0 Å². The lowest BCUT2D eigenvalue weighted by molar-refractivity contribution is 0.118. The van der Waals surface area contributed by atoms with Crippen molar-refractivity contribution in [1.29, 1.82) is 0 Å². The normalized spacial score (nSPS) is 14.6. The minimum atomic E-state index is -0.689. The molecule has 0 fully saturated rings. The molecular weight excluding hydrogens is 256 g/mol. The summed E-state index contributed by atoms with van der Waals surface area (Å²) < 4.78 is 0. The van der Waals surface area contributed by atoms with Crippen molar-refractivity contribution in [2.45, 2.75) is 78.7 Å². The fourth-order valence-corrected chi connectivity index (χ4v) is 2.03. The molecule has 0 heterocycles. The van der Waals surface area contributed by atoms with Crippen LogP contribution in [0.3, 0.4) is 0 Å². The first kappa shape index (κ1) is 19.9. The van der Waals surface area contributed by atoms with E-state index in [9.17, 15) is 5.11 Å². The van der Waals surface area contributed by atoms with Crippen molar-refractivity contribution in [2.75, 3.05) is 0 Å². The van der Waals surface area contributed by atoms with Crippen LogP contribution in [0.4, 0.5) is 0 Å². The zero-order valence-electron chi connectivity index (χ0n) is 14.7. The minimum Gasteiger partial charge on any atom is -0.386 e. The zero-order valence-corrected chi connectivity index (χ0v) is 14.7. The van der Waals surface area contributed by atoms with Crippen LogP contribution in [0.25, 0.3) is 0 Å². The van der Waals surface area contributed by atoms with Gasteiger partial charge < -0.3 is 5.11 Å². The number of hydrogen-bond acceptors (Lipinski definition) is 1. The first-order valence-electron chi connectivity index (χ1n) is 8.20. The number of aliphatic hydroxyl groups is 1. The number of allylic oxidation sites excluding steroid dienone is 7. The second kappa shape index (κ2) is 11.6. The van der Waals surface area contributed by atoms with Crippen LogP contribution in [0.15, 0.2) is 47.6 Å². The molecule has 1 heteroatoms. The van der Waals surface area contributed by atoms with E-state index in [2.05, 4.69) is 50.3 Å². The van der Waals surface area contributed by atoms with Crippen LogP contribution in [0.1, 0.15) is 73.1 Å². The molecule has 0 aromatic heterocycles. The fraction of sp³-hybridized carbons (Fsp3) is 0.600. The van der Waals surface area contributed by atoms with Gasteiger partial charge in [-0.3, -0.25) is 0 Å². The summed E-state index contributed by atoms with van der Waals surface area (Å²) in [6.45, 7) is 9.91. The Hall–Kier alpha value is -1.08. The Morgan fingerprint density at radius 2 is 1.24 bits per heavy atom. The quantitative estimate of drug-likeness (QED) is 0.379. The van der Waals surface area contributed by atoms with Crippen molar-refractivity contribution in [3.63, 3.8) is 0 Å². The highest BCUT2D eigenvalue weighted by Gasteiger charge is 2.16. The third-order valence-electron chi connectivity index (χ3n) is 3.81. The van der Waals surface area contributed by atoms with E-state index in [1.54, 1.807) is 0 Å². The molecule has 0 spiro atoms. The van der Waals surface area contributed by atoms with Gasteiger partial charge in [0.25, 0.3) is 0 Å². The molecule has 21 heavy (non-hydrogen) atoms. The van der Waals surface area contributed by atoms with Gasteiger partial charge >= 0.3 is 0 Å². The molecule has 1 nitrogen and oxygen atoms in total. The van der Waals surface area contributed by atoms with Gasteiger partial charge in [-0.15, -0.1) is 0 Å². The van der Waals surface area contributed by atoms with Crippen LogP contribution >= 0.6 is 0 Å². The van der Waals surface area contributed by atoms with Crippen LogP contribution in [0.2, 0.25) is 0 Å². The van der Waals surface area contributed by atoms with Gasteiger partial charge in [0.15, 0.2) is 0 Å². The summed E-state index contributed by atoms with van der Waals surface area (Å²) in [5, 5.41) is 9.95. The molecule has 0 amide bonds. The van der Waals surface area contributed by atoms with Crippen LogP contribution in [-0.2, 0) is 0 Å². The number of rotatable bonds is 10. The highest BCUT2D eigenvalue weighted by molar-refractivity contribution is 5.18. The molecule has 0 rings (SSSR count). The van der Waals surface area contributed by atoms with Crippen molar-refractivity contribution in [3.05, 3.63) is 47.6 Å². The maximum Gasteiger partial charge on any atom is 0.0800 e. The van der Waals surface area contributed by atoms with Crippen molar-refractivity contribution in [1.82, 2.24) is 0 Å². The highest BCUT2D eigenvalue weighted by atomic mass is 16.3. The first-order chi connectivity index (χ1) is 9.89. The maximum atomic E-state index is 9.95. The van der Waals surface area contributed by atoms with Gasteiger partial charge in [0.1, 0.15) is 0 Å². The van der Waals surface area contributed by atoms with Crippen LogP contribution in [0, 0.1) is 0 Å². The lowest BCUT2D eigenvalue weighted by Crippen LogP contribution is -2.21. The van der Waals surface area contributed by atoms with Crippen molar-refractivity contribution in [2.24, 2.45) is 0 Å². The Morgan fingerprint density at radius 1 is 0.810 bits per heavy atom. The van der Waals surface area contributed by atoms with Gasteiger partial charge in [0.05, 0.1) is 5.60 Å². The third kappa shape index (κ3) is 11.3. The Morgan fingerprint density at radius 3 is 1.67 bits per heavy atom. The largest absolute Gasteiger partial charge is 0.386 e. The first-order valence-corrected chi connectivity index (χ1v) is 8.20. The van der Waals surface area contributed by atoms with E-state index in [0.29, 0.717) is 0 Å². The molecule has 0 aliphatic heterocycles. The molecule has 0 radical (unpaired) electrons. The second-order valence-electron chi connectivity index (χ2n) is 6.17. The van der Waals surface area contributed by atoms with Crippen LogP contribution < -0.4 is 0 Å². The van der Waals surface area contributed by atoms with Gasteiger partial charge in [-0.05, 0) is 78.7 Å². The van der Waals surface area contributed by atoms with Crippen LogP contribution in [0.5, 0.6) is 0 Å². The van der Waals surface area contributed by atoms with E-state index in [0.717, 1.165) is 44.1 Å². The second-order valence-corrected chi connectivity index (χ2v) is 6.17. The molecule has 0 aromatic carbocycles. The number of hydrogen-bond donors (Lipinski definition) is 1. The van der Waals surface area contributed by atoms with Gasteiger partial charge in [0.2, 0.25) is 0 Å². The summed E-state index contributed by atoms with van der Waals surface area (Å²) >= 11 is 0. The molecular formula is C20H34O. The summed E-state index contributed by atoms with van der Waals surface area (Å²) in [7, 11) is 0. The smallest absolute Gasteiger partial charge is 0.0800 e. The van der Waals surface area contributed by atoms with Gasteiger partial charge in [0, 0.05) is 0 Å². The fourth-order valence-electron chi connectivity index (χ4n) is 2.03. The van der Waals surface area contributed by atoms with Crippen LogP contribution in [-0.4, -0.2) is 10.7 Å². The lowest BCUT2D eigenvalue weighted by atomic mass is 9.93. The van der Waals surface area contributed by atoms with Crippen molar-refractivity contribution < 1.29 is 5.11 Å². The topological polar surface area (TPSA) is 20.2 Å². The van der Waals surface area contributed by atoms with E-state index in [1.807, 2.05) is 20.8 Å². The monoisotopic (exact) mass is 290 g/mol. The summed E-state index contributed by atoms with van der Waals surface area (Å²) in [5.74, 6) is 0. The van der Waals surface area contributed by atoms with E-state index < -0.39 is 5.60 Å². The standard InChI is InChI=1S/C20H34O/c1-6-7-8-9-10-11-12-13-14-15-16-17-18(2)19(3)20(4,5)21/h6-7,10-11,14-15,21H,8-9,12-13,16-17H2,1-5H3/b7-6+,11-10+,15-14+,19-18+. The Kier molecular flexibility index (Phi) is 11.0. The van der Waals surface area contributed by atoms with Gasteiger partial charge in [-0.1, -0.05) is 42.0 Å². The molecule has 0 aromatic rings. The Balaban J connectivity index is 3.79. The Labute approximate surface area is 132 Å². The molecule has 0 bridgehead atoms. The summed E-state index contributed by atoms with van der Waals surface area (Å²) in [5.41, 5.74) is 1.71. The molecule has 120 valence electrons. The highest BCUT2D eigenvalue weighted by Crippen LogP contribution is 2.21. The van der Waals surface area contributed by atoms with Gasteiger partial charge in [-0.25, -0.2) is 0 Å². The van der Waals surface area contributed by atoms with E-state index >= 15 is 0 Å². The van der Waals surface area contributed by atoms with E-state index in [-0.39, 0.29) is 0 Å². The average Bonchev–Trinajstić information content (AvgIpc) is 2.42. The molecule has 1 N–H and O–H groups in total. The number of unbranched alkanes of at least 4 members (excludes halogenated alkanes) is 2. The summed E-state index contributed by atoms with van der Waals surface area (Å²) in [6.07, 6.45) is 20.0. The summed E-state index contributed by atoms with van der Waals surface area (Å²) in [4.78, 5) is 0. The lowest BCUT2D eigenvalue weighted by Gasteiger charge is -2.21. The predicted octanol–water partition coefficient (Wildman–Crippen LogP) is 6.12. The van der Waals surface area contributed by atoms with E-state index in [1.165, 1.54) is 5.57 Å². The molecule has 0 atom stereocenters. The summed E-state index contributed by atoms with van der Waals surface area (Å²) in [6, 6.07) is 0. The third-order valence-corrected chi connectivity index (χ3v) is 3.81. The molecule has 0 saturated carbocycles. The molecule has 0 unspecified atom stereocenters. The zero-order chi connectivity index (χ0) is 16.1. The molecule has 0 aliphatic rings. The van der Waals surface area contributed by atoms with Crippen molar-refractivity contribution >= 4 is 0 Å². The van der Waals surface area contributed by atoms with Gasteiger partial charge in [-0.2, -0.15) is 0 Å². The average molecular weight is 290 g/mol. The molecule has 0 aliphatic carbocycles. The molecule has 0 saturated heterocycles. The van der Waals surface area contributed by atoms with Crippen molar-refractivity contribution in [3.8, 4) is 0 Å². The SMILES string of the molecule is C/C=C/CC/C=C/CC/C=C/CC/C(C)=C(\C)C(C)(C)O. The minimum absolute atomic E-state index is 0.689.